The second-order valence-corrected chi connectivity index (χ2v) is 6.31. The summed E-state index contributed by atoms with van der Waals surface area (Å²) in [5.74, 6) is 0. The van der Waals surface area contributed by atoms with Crippen molar-refractivity contribution in [2.75, 3.05) is 26.7 Å². The molecule has 5 nitrogen and oxygen atoms in total. The minimum absolute atomic E-state index is 0.0157. The van der Waals surface area contributed by atoms with Crippen LogP contribution in [0, 0.1) is 0 Å². The topological polar surface area (TPSA) is 66.6 Å². The zero-order chi connectivity index (χ0) is 12.2. The Morgan fingerprint density at radius 3 is 2.69 bits per heavy atom. The molecule has 6 heteroatoms. The molecule has 1 atom stereocenters. The van der Waals surface area contributed by atoms with E-state index in [2.05, 4.69) is 0 Å². The molecule has 16 heavy (non-hydrogen) atoms. The van der Waals surface area contributed by atoms with Gasteiger partial charge in [-0.1, -0.05) is 13.3 Å². The number of nitrogens with zero attached hydrogens (tertiary/aromatic N) is 2. The number of hydrogen-bond acceptors (Lipinski definition) is 3. The standard InChI is InChI=1S/C10H23N3O2S/c1-3-7-12(2)16(14,15)13-8-5-4-6-10(13)9-11/h10H,3-9,11H2,1-2H3. The van der Waals surface area contributed by atoms with Gasteiger partial charge < -0.3 is 5.73 Å². The summed E-state index contributed by atoms with van der Waals surface area (Å²) >= 11 is 0. The van der Waals surface area contributed by atoms with Gasteiger partial charge in [0.05, 0.1) is 0 Å². The van der Waals surface area contributed by atoms with Gasteiger partial charge in [-0.05, 0) is 19.3 Å². The van der Waals surface area contributed by atoms with Gasteiger partial charge in [-0.2, -0.15) is 17.0 Å². The summed E-state index contributed by atoms with van der Waals surface area (Å²) in [5.41, 5.74) is 5.64. The van der Waals surface area contributed by atoms with Gasteiger partial charge in [0.1, 0.15) is 0 Å². The lowest BCUT2D eigenvalue weighted by Gasteiger charge is -2.36. The molecule has 0 aliphatic carbocycles. The molecule has 1 aliphatic heterocycles. The van der Waals surface area contributed by atoms with Crippen LogP contribution >= 0.6 is 0 Å². The van der Waals surface area contributed by atoms with Gasteiger partial charge in [-0.25, -0.2) is 0 Å². The van der Waals surface area contributed by atoms with Crippen molar-refractivity contribution < 1.29 is 8.42 Å². The molecule has 0 aromatic rings. The van der Waals surface area contributed by atoms with E-state index in [9.17, 15) is 8.42 Å². The molecule has 1 saturated heterocycles. The Kier molecular flexibility index (Phi) is 5.17. The number of hydrogen-bond donors (Lipinski definition) is 1. The van der Waals surface area contributed by atoms with E-state index in [4.69, 9.17) is 5.73 Å². The molecular formula is C10H23N3O2S. The maximum atomic E-state index is 12.2. The van der Waals surface area contributed by atoms with Crippen LogP contribution in [0.5, 0.6) is 0 Å². The third-order valence-electron chi connectivity index (χ3n) is 3.07. The van der Waals surface area contributed by atoms with Crippen LogP contribution in [0.3, 0.4) is 0 Å². The minimum atomic E-state index is -3.30. The molecule has 0 spiro atoms. The van der Waals surface area contributed by atoms with E-state index in [-0.39, 0.29) is 6.04 Å². The summed E-state index contributed by atoms with van der Waals surface area (Å²) in [4.78, 5) is 0. The quantitative estimate of drug-likeness (QED) is 0.766. The van der Waals surface area contributed by atoms with Crippen LogP contribution in [0.2, 0.25) is 0 Å². The summed E-state index contributed by atoms with van der Waals surface area (Å²) in [6, 6.07) is -0.0157. The summed E-state index contributed by atoms with van der Waals surface area (Å²) in [7, 11) is -1.66. The van der Waals surface area contributed by atoms with Crippen molar-refractivity contribution in [2.24, 2.45) is 5.73 Å². The van der Waals surface area contributed by atoms with Crippen LogP contribution < -0.4 is 5.73 Å². The van der Waals surface area contributed by atoms with Crippen molar-refractivity contribution in [1.29, 1.82) is 0 Å². The monoisotopic (exact) mass is 249 g/mol. The van der Waals surface area contributed by atoms with Gasteiger partial charge >= 0.3 is 0 Å². The molecule has 96 valence electrons. The van der Waals surface area contributed by atoms with Crippen LogP contribution in [-0.4, -0.2) is 49.8 Å². The van der Waals surface area contributed by atoms with Crippen LogP contribution in [-0.2, 0) is 10.2 Å². The van der Waals surface area contributed by atoms with Gasteiger partial charge in [0.15, 0.2) is 0 Å². The highest BCUT2D eigenvalue weighted by molar-refractivity contribution is 7.86. The van der Waals surface area contributed by atoms with E-state index in [0.717, 1.165) is 25.7 Å². The largest absolute Gasteiger partial charge is 0.329 e. The fraction of sp³-hybridized carbons (Fsp3) is 1.00. The average molecular weight is 249 g/mol. The molecule has 0 saturated carbocycles. The van der Waals surface area contributed by atoms with Gasteiger partial charge in [0, 0.05) is 32.7 Å². The highest BCUT2D eigenvalue weighted by Crippen LogP contribution is 2.21. The molecule has 1 fully saturated rings. The number of nitrogens with two attached hydrogens (primary N) is 1. The molecule has 0 aromatic heterocycles. The van der Waals surface area contributed by atoms with Crippen molar-refractivity contribution in [2.45, 2.75) is 38.6 Å². The molecule has 0 amide bonds. The van der Waals surface area contributed by atoms with Crippen LogP contribution in [0.25, 0.3) is 0 Å². The Bertz CT molecular complexity index is 305. The van der Waals surface area contributed by atoms with Gasteiger partial charge in [-0.15, -0.1) is 0 Å². The number of rotatable bonds is 5. The highest BCUT2D eigenvalue weighted by Gasteiger charge is 2.33. The van der Waals surface area contributed by atoms with Crippen molar-refractivity contribution in [1.82, 2.24) is 8.61 Å². The first-order valence-electron chi connectivity index (χ1n) is 5.97. The summed E-state index contributed by atoms with van der Waals surface area (Å²) in [6.07, 6.45) is 3.73. The first-order chi connectivity index (χ1) is 7.54. The van der Waals surface area contributed by atoms with Crippen molar-refractivity contribution in [3.8, 4) is 0 Å². The maximum Gasteiger partial charge on any atom is 0.282 e. The van der Waals surface area contributed by atoms with Crippen LogP contribution in [0.15, 0.2) is 0 Å². The third kappa shape index (κ3) is 2.94. The first kappa shape index (κ1) is 13.9. The normalized spacial score (nSPS) is 23.9. The lowest BCUT2D eigenvalue weighted by molar-refractivity contribution is 0.240. The SMILES string of the molecule is CCCN(C)S(=O)(=O)N1CCCCC1CN. The van der Waals surface area contributed by atoms with Crippen LogP contribution in [0.4, 0.5) is 0 Å². The van der Waals surface area contributed by atoms with Crippen molar-refractivity contribution in [3.63, 3.8) is 0 Å². The van der Waals surface area contributed by atoms with Gasteiger partial charge in [0.25, 0.3) is 10.2 Å². The first-order valence-corrected chi connectivity index (χ1v) is 7.37. The fourth-order valence-electron chi connectivity index (χ4n) is 2.12. The van der Waals surface area contributed by atoms with E-state index in [1.54, 1.807) is 11.4 Å². The van der Waals surface area contributed by atoms with Crippen molar-refractivity contribution >= 4 is 10.2 Å². The lowest BCUT2D eigenvalue weighted by atomic mass is 10.1. The molecule has 0 radical (unpaired) electrons. The Morgan fingerprint density at radius 1 is 1.44 bits per heavy atom. The van der Waals surface area contributed by atoms with E-state index < -0.39 is 10.2 Å². The Balaban J connectivity index is 2.79. The minimum Gasteiger partial charge on any atom is -0.329 e. The second kappa shape index (κ2) is 5.95. The zero-order valence-corrected chi connectivity index (χ0v) is 11.0. The zero-order valence-electron chi connectivity index (χ0n) is 10.2. The predicted molar refractivity (Wildman–Crippen MR) is 65.2 cm³/mol. The molecule has 0 aromatic carbocycles. The lowest BCUT2D eigenvalue weighted by Crippen LogP contribution is -2.52. The maximum absolute atomic E-state index is 12.2. The Morgan fingerprint density at radius 2 is 2.12 bits per heavy atom. The van der Waals surface area contributed by atoms with E-state index in [0.29, 0.717) is 19.6 Å². The fourth-order valence-corrected chi connectivity index (χ4v) is 3.82. The van der Waals surface area contributed by atoms with E-state index in [1.165, 1.54) is 4.31 Å². The Labute approximate surface area is 98.8 Å². The third-order valence-corrected chi connectivity index (χ3v) is 5.12. The molecule has 1 rings (SSSR count). The molecule has 2 N–H and O–H groups in total. The average Bonchev–Trinajstić information content (AvgIpc) is 2.29. The Hall–Kier alpha value is -0.170. The summed E-state index contributed by atoms with van der Waals surface area (Å²) in [6.45, 7) is 3.57. The van der Waals surface area contributed by atoms with E-state index >= 15 is 0 Å². The second-order valence-electron chi connectivity index (χ2n) is 4.33. The van der Waals surface area contributed by atoms with E-state index in [1.807, 2.05) is 6.92 Å². The summed E-state index contributed by atoms with van der Waals surface area (Å²) < 4.78 is 27.5. The van der Waals surface area contributed by atoms with Gasteiger partial charge in [-0.3, -0.25) is 0 Å². The number of piperidine rings is 1. The molecule has 0 bridgehead atoms. The van der Waals surface area contributed by atoms with Crippen LogP contribution in [0.1, 0.15) is 32.6 Å². The summed E-state index contributed by atoms with van der Waals surface area (Å²) in [5, 5.41) is 0. The highest BCUT2D eigenvalue weighted by atomic mass is 32.2. The molecule has 1 heterocycles. The smallest absolute Gasteiger partial charge is 0.282 e. The molecule has 1 aliphatic rings. The van der Waals surface area contributed by atoms with Crippen molar-refractivity contribution in [3.05, 3.63) is 0 Å². The predicted octanol–water partition coefficient (Wildman–Crippen LogP) is 0.386. The molecular weight excluding hydrogens is 226 g/mol. The van der Waals surface area contributed by atoms with Gasteiger partial charge in [0.2, 0.25) is 0 Å². The molecule has 1 unspecified atom stereocenters.